The summed E-state index contributed by atoms with van der Waals surface area (Å²) >= 11 is 6.14. The number of nitrogens with zero attached hydrogens (tertiary/aromatic N) is 2. The van der Waals surface area contributed by atoms with Gasteiger partial charge < -0.3 is 15.0 Å². The highest BCUT2D eigenvalue weighted by molar-refractivity contribution is 7.89. The van der Waals surface area contributed by atoms with Gasteiger partial charge in [0.1, 0.15) is 4.90 Å². The molecule has 0 atom stereocenters. The lowest BCUT2D eigenvalue weighted by Gasteiger charge is -2.26. The summed E-state index contributed by atoms with van der Waals surface area (Å²) in [6, 6.07) is 11.4. The number of amides is 2. The van der Waals surface area contributed by atoms with Crippen molar-refractivity contribution in [1.29, 1.82) is 0 Å². The van der Waals surface area contributed by atoms with E-state index < -0.39 is 15.9 Å². The van der Waals surface area contributed by atoms with E-state index in [1.807, 2.05) is 13.0 Å². The van der Waals surface area contributed by atoms with Crippen molar-refractivity contribution in [3.8, 4) is 0 Å². The Balaban J connectivity index is 1.70. The Kier molecular flexibility index (Phi) is 7.32. The minimum atomic E-state index is -3.82. The van der Waals surface area contributed by atoms with Crippen LogP contribution in [0.2, 0.25) is 5.02 Å². The molecule has 2 aromatic rings. The fourth-order valence-corrected chi connectivity index (χ4v) is 5.10. The van der Waals surface area contributed by atoms with Gasteiger partial charge in [-0.25, -0.2) is 8.42 Å². The van der Waals surface area contributed by atoms with Crippen LogP contribution in [0.25, 0.3) is 0 Å². The number of anilines is 1. The number of morpholine rings is 1. The van der Waals surface area contributed by atoms with E-state index >= 15 is 0 Å². The van der Waals surface area contributed by atoms with Crippen LogP contribution < -0.4 is 5.32 Å². The summed E-state index contributed by atoms with van der Waals surface area (Å²) in [6.45, 7) is 2.79. The maximum Gasteiger partial charge on any atom is 0.254 e. The molecule has 2 amide bonds. The molecule has 3 rings (SSSR count). The lowest BCUT2D eigenvalue weighted by molar-refractivity contribution is -0.116. The van der Waals surface area contributed by atoms with Crippen molar-refractivity contribution >= 4 is 39.1 Å². The Morgan fingerprint density at radius 1 is 1.16 bits per heavy atom. The quantitative estimate of drug-likeness (QED) is 0.706. The van der Waals surface area contributed by atoms with E-state index in [-0.39, 0.29) is 41.1 Å². The van der Waals surface area contributed by atoms with Crippen LogP contribution in [-0.2, 0) is 19.6 Å². The molecule has 1 aliphatic heterocycles. The standard InChI is InChI=1S/C21H24ClN3O5S/c1-15-4-3-5-16(12-15)21(27)24(2)14-20(26)23-17-6-7-18(22)19(13-17)31(28,29)25-8-10-30-11-9-25/h3-7,12-13H,8-11,14H2,1-2H3,(H,23,26). The molecule has 0 radical (unpaired) electrons. The van der Waals surface area contributed by atoms with Crippen LogP contribution in [0.1, 0.15) is 15.9 Å². The zero-order chi connectivity index (χ0) is 22.6. The molecule has 1 heterocycles. The van der Waals surface area contributed by atoms with Gasteiger partial charge in [-0.3, -0.25) is 9.59 Å². The first-order valence-electron chi connectivity index (χ1n) is 9.68. The third-order valence-electron chi connectivity index (χ3n) is 4.80. The maximum absolute atomic E-state index is 12.9. The molecular weight excluding hydrogens is 442 g/mol. The molecule has 0 aliphatic carbocycles. The number of carbonyl (C=O) groups is 2. The third kappa shape index (κ3) is 5.62. The normalized spacial score (nSPS) is 14.8. The third-order valence-corrected chi connectivity index (χ3v) is 7.18. The molecular formula is C21H24ClN3O5S. The number of sulfonamides is 1. The highest BCUT2D eigenvalue weighted by Gasteiger charge is 2.28. The van der Waals surface area contributed by atoms with Crippen LogP contribution in [0.3, 0.4) is 0 Å². The molecule has 0 unspecified atom stereocenters. The van der Waals surface area contributed by atoms with Gasteiger partial charge >= 0.3 is 0 Å². The number of hydrogen-bond acceptors (Lipinski definition) is 5. The highest BCUT2D eigenvalue weighted by Crippen LogP contribution is 2.28. The summed E-state index contributed by atoms with van der Waals surface area (Å²) in [4.78, 5) is 26.2. The topological polar surface area (TPSA) is 96.0 Å². The monoisotopic (exact) mass is 465 g/mol. The molecule has 8 nitrogen and oxygen atoms in total. The van der Waals surface area contributed by atoms with Gasteiger partial charge in [-0.15, -0.1) is 0 Å². The second-order valence-corrected chi connectivity index (χ2v) is 9.55. The maximum atomic E-state index is 12.9. The second-order valence-electron chi connectivity index (χ2n) is 7.24. The van der Waals surface area contributed by atoms with Gasteiger partial charge in [0.25, 0.3) is 5.91 Å². The smallest absolute Gasteiger partial charge is 0.254 e. The van der Waals surface area contributed by atoms with Gasteiger partial charge in [0.2, 0.25) is 15.9 Å². The lowest BCUT2D eigenvalue weighted by Crippen LogP contribution is -2.40. The lowest BCUT2D eigenvalue weighted by atomic mass is 10.1. The molecule has 31 heavy (non-hydrogen) atoms. The number of benzene rings is 2. The molecule has 10 heteroatoms. The molecule has 2 aromatic carbocycles. The van der Waals surface area contributed by atoms with Crippen molar-refractivity contribution in [2.45, 2.75) is 11.8 Å². The van der Waals surface area contributed by atoms with Crippen molar-refractivity contribution < 1.29 is 22.7 Å². The van der Waals surface area contributed by atoms with E-state index in [2.05, 4.69) is 5.32 Å². The van der Waals surface area contributed by atoms with E-state index in [0.29, 0.717) is 18.8 Å². The van der Waals surface area contributed by atoms with E-state index in [0.717, 1.165) is 5.56 Å². The fourth-order valence-electron chi connectivity index (χ4n) is 3.19. The van der Waals surface area contributed by atoms with Gasteiger partial charge in [-0.1, -0.05) is 29.3 Å². The highest BCUT2D eigenvalue weighted by atomic mass is 35.5. The van der Waals surface area contributed by atoms with E-state index in [1.54, 1.807) is 18.2 Å². The Morgan fingerprint density at radius 3 is 2.55 bits per heavy atom. The number of nitrogens with one attached hydrogen (secondary N) is 1. The fraction of sp³-hybridized carbons (Fsp3) is 0.333. The number of ether oxygens (including phenoxy) is 1. The van der Waals surface area contributed by atoms with Crippen molar-refractivity contribution in [2.24, 2.45) is 0 Å². The van der Waals surface area contributed by atoms with Crippen molar-refractivity contribution in [3.63, 3.8) is 0 Å². The number of aryl methyl sites for hydroxylation is 1. The minimum Gasteiger partial charge on any atom is -0.379 e. The van der Waals surface area contributed by atoms with Crippen LogP contribution in [-0.4, -0.2) is 69.3 Å². The Labute approximate surface area is 186 Å². The van der Waals surface area contributed by atoms with Gasteiger partial charge in [0.15, 0.2) is 0 Å². The largest absolute Gasteiger partial charge is 0.379 e. The predicted octanol–water partition coefficient (Wildman–Crippen LogP) is 2.38. The summed E-state index contributed by atoms with van der Waals surface area (Å²) in [6.07, 6.45) is 0. The van der Waals surface area contributed by atoms with Gasteiger partial charge in [-0.05, 0) is 37.3 Å². The zero-order valence-corrected chi connectivity index (χ0v) is 18.9. The first-order valence-corrected chi connectivity index (χ1v) is 11.5. The Hall–Kier alpha value is -2.46. The Morgan fingerprint density at radius 2 is 1.87 bits per heavy atom. The number of rotatable bonds is 6. The molecule has 0 bridgehead atoms. The van der Waals surface area contributed by atoms with Crippen LogP contribution >= 0.6 is 11.6 Å². The molecule has 1 aliphatic rings. The van der Waals surface area contributed by atoms with Crippen LogP contribution in [0, 0.1) is 6.92 Å². The van der Waals surface area contributed by atoms with Crippen molar-refractivity contribution in [1.82, 2.24) is 9.21 Å². The first-order chi connectivity index (χ1) is 14.7. The van der Waals surface area contributed by atoms with Gasteiger partial charge in [-0.2, -0.15) is 4.31 Å². The van der Waals surface area contributed by atoms with Gasteiger partial charge in [0, 0.05) is 31.4 Å². The first kappa shape index (κ1) is 23.2. The van der Waals surface area contributed by atoms with E-state index in [1.165, 1.54) is 34.5 Å². The zero-order valence-electron chi connectivity index (χ0n) is 17.3. The second kappa shape index (κ2) is 9.78. The molecule has 0 aromatic heterocycles. The van der Waals surface area contributed by atoms with Crippen molar-refractivity contribution in [3.05, 3.63) is 58.6 Å². The molecule has 1 saturated heterocycles. The average molecular weight is 466 g/mol. The summed E-state index contributed by atoms with van der Waals surface area (Å²) in [5, 5.41) is 2.70. The van der Waals surface area contributed by atoms with Crippen LogP contribution in [0.5, 0.6) is 0 Å². The average Bonchev–Trinajstić information content (AvgIpc) is 2.75. The van der Waals surface area contributed by atoms with E-state index in [9.17, 15) is 18.0 Å². The van der Waals surface area contributed by atoms with E-state index in [4.69, 9.17) is 16.3 Å². The minimum absolute atomic E-state index is 0.0660. The SMILES string of the molecule is Cc1cccc(C(=O)N(C)CC(=O)Nc2ccc(Cl)c(S(=O)(=O)N3CCOCC3)c2)c1. The van der Waals surface area contributed by atoms with Crippen LogP contribution in [0.4, 0.5) is 5.69 Å². The summed E-state index contributed by atoms with van der Waals surface area (Å²) in [7, 11) is -2.29. The summed E-state index contributed by atoms with van der Waals surface area (Å²) in [5.74, 6) is -0.744. The number of halogens is 1. The molecule has 1 fully saturated rings. The Bertz CT molecular complexity index is 1080. The number of likely N-dealkylation sites (N-methyl/N-ethyl adjacent to an activating group) is 1. The molecule has 1 N–H and O–H groups in total. The number of hydrogen-bond donors (Lipinski definition) is 1. The molecule has 0 saturated carbocycles. The molecule has 0 spiro atoms. The van der Waals surface area contributed by atoms with Crippen molar-refractivity contribution in [2.75, 3.05) is 45.2 Å². The summed E-state index contributed by atoms with van der Waals surface area (Å²) in [5.41, 5.74) is 1.71. The summed E-state index contributed by atoms with van der Waals surface area (Å²) < 4.78 is 32.3. The van der Waals surface area contributed by atoms with Gasteiger partial charge in [0.05, 0.1) is 24.8 Å². The predicted molar refractivity (Wildman–Crippen MR) is 118 cm³/mol. The van der Waals surface area contributed by atoms with Crippen LogP contribution in [0.15, 0.2) is 47.4 Å². The molecule has 166 valence electrons. The number of carbonyl (C=O) groups excluding carboxylic acids is 2.